The molecule has 0 N–H and O–H groups in total. The Labute approximate surface area is 336 Å². The molecular formula is C55H34N2O. The lowest BCUT2D eigenvalue weighted by Crippen LogP contribution is -2.32. The molecule has 0 atom stereocenters. The molecule has 1 aliphatic carbocycles. The number of ether oxygens (including phenoxy) is 1. The lowest BCUT2D eigenvalue weighted by atomic mass is 9.65. The van der Waals surface area contributed by atoms with Gasteiger partial charge in [-0.25, -0.2) is 9.97 Å². The van der Waals surface area contributed by atoms with Gasteiger partial charge in [0.1, 0.15) is 11.5 Å². The van der Waals surface area contributed by atoms with Gasteiger partial charge in [0.15, 0.2) is 5.82 Å². The van der Waals surface area contributed by atoms with Crippen LogP contribution in [0, 0.1) is 0 Å². The Hall–Kier alpha value is -7.62. The van der Waals surface area contributed by atoms with Crippen LogP contribution in [0.25, 0.3) is 77.7 Å². The fourth-order valence-corrected chi connectivity index (χ4v) is 9.58. The van der Waals surface area contributed by atoms with E-state index in [0.29, 0.717) is 5.82 Å². The first-order valence-corrected chi connectivity index (χ1v) is 19.8. The number of benzene rings is 9. The van der Waals surface area contributed by atoms with Gasteiger partial charge >= 0.3 is 0 Å². The van der Waals surface area contributed by atoms with Gasteiger partial charge in [0.25, 0.3) is 0 Å². The summed E-state index contributed by atoms with van der Waals surface area (Å²) in [5, 5.41) is 4.55. The number of hydrogen-bond donors (Lipinski definition) is 0. The van der Waals surface area contributed by atoms with Crippen molar-refractivity contribution in [2.75, 3.05) is 0 Å². The van der Waals surface area contributed by atoms with E-state index in [2.05, 4.69) is 194 Å². The van der Waals surface area contributed by atoms with Gasteiger partial charge in [0.2, 0.25) is 0 Å². The van der Waals surface area contributed by atoms with Crippen molar-refractivity contribution < 1.29 is 4.74 Å². The Bertz CT molecular complexity index is 3100. The summed E-state index contributed by atoms with van der Waals surface area (Å²) >= 11 is 0. The second-order valence-corrected chi connectivity index (χ2v) is 15.2. The van der Waals surface area contributed by atoms with E-state index in [-0.39, 0.29) is 0 Å². The molecule has 12 rings (SSSR count). The van der Waals surface area contributed by atoms with E-state index in [4.69, 9.17) is 14.7 Å². The van der Waals surface area contributed by atoms with E-state index in [0.717, 1.165) is 77.8 Å². The molecule has 0 radical (unpaired) electrons. The predicted molar refractivity (Wildman–Crippen MR) is 236 cm³/mol. The summed E-state index contributed by atoms with van der Waals surface area (Å²) in [5.74, 6) is 2.54. The Morgan fingerprint density at radius 3 is 1.47 bits per heavy atom. The van der Waals surface area contributed by atoms with E-state index in [9.17, 15) is 0 Å². The molecule has 0 saturated carbocycles. The van der Waals surface area contributed by atoms with E-state index in [1.54, 1.807) is 0 Å². The van der Waals surface area contributed by atoms with Gasteiger partial charge in [-0.3, -0.25) is 0 Å². The lowest BCUT2D eigenvalue weighted by Gasteiger charge is -2.40. The molecular weight excluding hydrogens is 705 g/mol. The molecule has 1 aliphatic heterocycles. The molecule has 1 aromatic heterocycles. The maximum atomic E-state index is 7.15. The van der Waals surface area contributed by atoms with Crippen LogP contribution in [0.1, 0.15) is 22.3 Å². The van der Waals surface area contributed by atoms with E-state index in [1.165, 1.54) is 27.8 Å². The summed E-state index contributed by atoms with van der Waals surface area (Å²) in [4.78, 5) is 10.2. The van der Waals surface area contributed by atoms with Crippen LogP contribution in [0.5, 0.6) is 11.5 Å². The van der Waals surface area contributed by atoms with Crippen molar-refractivity contribution in [3.8, 4) is 67.7 Å². The molecule has 270 valence electrons. The number of rotatable bonds is 4. The van der Waals surface area contributed by atoms with E-state index < -0.39 is 5.41 Å². The Balaban J connectivity index is 1.06. The summed E-state index contributed by atoms with van der Waals surface area (Å²) in [6.45, 7) is 0. The highest BCUT2D eigenvalue weighted by Crippen LogP contribution is 2.65. The third kappa shape index (κ3) is 4.74. The molecule has 10 aromatic rings. The maximum absolute atomic E-state index is 7.15. The number of nitrogens with zero attached hydrogens (tertiary/aromatic N) is 2. The van der Waals surface area contributed by atoms with Crippen LogP contribution in [0.15, 0.2) is 206 Å². The summed E-state index contributed by atoms with van der Waals surface area (Å²) in [5.41, 5.74) is 14.0. The van der Waals surface area contributed by atoms with Gasteiger partial charge in [-0.15, -0.1) is 0 Å². The van der Waals surface area contributed by atoms with Crippen LogP contribution >= 0.6 is 0 Å². The molecule has 9 aromatic carbocycles. The van der Waals surface area contributed by atoms with Crippen molar-refractivity contribution in [3.63, 3.8) is 0 Å². The van der Waals surface area contributed by atoms with Gasteiger partial charge in [-0.05, 0) is 50.2 Å². The summed E-state index contributed by atoms with van der Waals surface area (Å²) in [6, 6.07) is 73.7. The van der Waals surface area contributed by atoms with Crippen molar-refractivity contribution in [1.29, 1.82) is 0 Å². The fourth-order valence-electron chi connectivity index (χ4n) is 9.58. The third-order valence-electron chi connectivity index (χ3n) is 12.2. The van der Waals surface area contributed by atoms with Crippen LogP contribution in [0.2, 0.25) is 0 Å². The van der Waals surface area contributed by atoms with Gasteiger partial charge in [0.05, 0.1) is 16.8 Å². The van der Waals surface area contributed by atoms with Crippen LogP contribution in [-0.4, -0.2) is 9.97 Å². The predicted octanol–water partition coefficient (Wildman–Crippen LogP) is 13.9. The SMILES string of the molecule is c1ccc(-c2cc(-c3ccccc3)nc(-c3ccc(-c4cccc5c4-c4ccccc4C54c5ccc6ccccc6c5Oc5c4ccc4ccccc54)cc3)n2)cc1. The number of hydrogen-bond acceptors (Lipinski definition) is 3. The highest BCUT2D eigenvalue weighted by Gasteiger charge is 2.52. The first-order valence-electron chi connectivity index (χ1n) is 19.8. The normalized spacial score (nSPS) is 13.1. The summed E-state index contributed by atoms with van der Waals surface area (Å²) < 4.78 is 7.15. The maximum Gasteiger partial charge on any atom is 0.160 e. The monoisotopic (exact) mass is 738 g/mol. The van der Waals surface area contributed by atoms with Crippen LogP contribution in [-0.2, 0) is 5.41 Å². The molecule has 3 nitrogen and oxygen atoms in total. The Kier molecular flexibility index (Phi) is 7.14. The van der Waals surface area contributed by atoms with Crippen molar-refractivity contribution in [2.45, 2.75) is 5.41 Å². The zero-order valence-electron chi connectivity index (χ0n) is 31.4. The van der Waals surface area contributed by atoms with Crippen molar-refractivity contribution in [3.05, 3.63) is 229 Å². The van der Waals surface area contributed by atoms with Crippen molar-refractivity contribution in [2.24, 2.45) is 0 Å². The molecule has 0 unspecified atom stereocenters. The molecule has 3 heteroatoms. The smallest absolute Gasteiger partial charge is 0.160 e. The first-order chi connectivity index (χ1) is 28.8. The lowest BCUT2D eigenvalue weighted by molar-refractivity contribution is 0.447. The molecule has 0 bridgehead atoms. The van der Waals surface area contributed by atoms with Gasteiger partial charge in [-0.2, -0.15) is 0 Å². The molecule has 0 saturated heterocycles. The van der Waals surface area contributed by atoms with Gasteiger partial charge in [0, 0.05) is 38.6 Å². The zero-order chi connectivity index (χ0) is 38.2. The largest absolute Gasteiger partial charge is 0.455 e. The average molecular weight is 739 g/mol. The zero-order valence-corrected chi connectivity index (χ0v) is 31.4. The topological polar surface area (TPSA) is 35.0 Å². The number of aromatic nitrogens is 2. The molecule has 2 heterocycles. The minimum atomic E-state index is -0.599. The second-order valence-electron chi connectivity index (χ2n) is 15.2. The minimum Gasteiger partial charge on any atom is -0.455 e. The molecule has 0 amide bonds. The van der Waals surface area contributed by atoms with Crippen LogP contribution in [0.4, 0.5) is 0 Å². The molecule has 58 heavy (non-hydrogen) atoms. The highest BCUT2D eigenvalue weighted by atomic mass is 16.5. The quantitative estimate of drug-likeness (QED) is 0.180. The van der Waals surface area contributed by atoms with Gasteiger partial charge < -0.3 is 4.74 Å². The van der Waals surface area contributed by atoms with Crippen LogP contribution < -0.4 is 4.74 Å². The standard InChI is InChI=1S/C55H34N2O/c1-3-16-38(17-4-1)49-34-50(39-18-5-2-6-19-39)57-54(56-49)40-28-26-37(27-29-40)41-23-13-25-46-51(41)44-22-11-12-24-45(44)55(46)47-32-30-35-14-7-9-20-42(35)52(47)58-53-43-21-10-8-15-36(43)31-33-48(53)55/h1-34H. The van der Waals surface area contributed by atoms with E-state index in [1.807, 2.05) is 12.1 Å². The fraction of sp³-hybridized carbons (Fsp3) is 0.0182. The average Bonchev–Trinajstić information content (AvgIpc) is 3.60. The highest BCUT2D eigenvalue weighted by molar-refractivity contribution is 6.02. The number of fused-ring (bicyclic) bond motifs is 13. The van der Waals surface area contributed by atoms with E-state index >= 15 is 0 Å². The molecule has 2 aliphatic rings. The summed E-state index contributed by atoms with van der Waals surface area (Å²) in [6.07, 6.45) is 0. The minimum absolute atomic E-state index is 0.599. The third-order valence-corrected chi connectivity index (χ3v) is 12.2. The van der Waals surface area contributed by atoms with Crippen LogP contribution in [0.3, 0.4) is 0 Å². The van der Waals surface area contributed by atoms with Crippen molar-refractivity contribution in [1.82, 2.24) is 9.97 Å². The second kappa shape index (κ2) is 12.7. The Morgan fingerprint density at radius 2 is 0.845 bits per heavy atom. The van der Waals surface area contributed by atoms with Gasteiger partial charge in [-0.1, -0.05) is 200 Å². The first kappa shape index (κ1) is 32.6. The molecule has 0 fully saturated rings. The summed E-state index contributed by atoms with van der Waals surface area (Å²) in [7, 11) is 0. The van der Waals surface area contributed by atoms with Crippen molar-refractivity contribution >= 4 is 21.5 Å². The molecule has 1 spiro atoms. The Morgan fingerprint density at radius 1 is 0.345 bits per heavy atom.